The average Bonchev–Trinajstić information content (AvgIpc) is 2.77. The zero-order valence-electron chi connectivity index (χ0n) is 22.5. The highest BCUT2D eigenvalue weighted by molar-refractivity contribution is 6.99. The Bertz CT molecular complexity index is 909. The molecule has 1 unspecified atom stereocenters. The summed E-state index contributed by atoms with van der Waals surface area (Å²) in [5.74, 6) is -0.543. The lowest BCUT2D eigenvalue weighted by atomic mass is 10.1. The lowest BCUT2D eigenvalue weighted by Crippen LogP contribution is -2.66. The molecule has 0 heterocycles. The molecular formula is C28H41NO5Si. The zero-order chi connectivity index (χ0) is 26.3. The van der Waals surface area contributed by atoms with Crippen LogP contribution in [0.2, 0.25) is 5.04 Å². The van der Waals surface area contributed by atoms with Crippen molar-refractivity contribution in [2.75, 3.05) is 20.7 Å². The van der Waals surface area contributed by atoms with Crippen LogP contribution in [0.25, 0.3) is 0 Å². The number of benzene rings is 2. The van der Waals surface area contributed by atoms with E-state index in [1.165, 1.54) is 15.3 Å². The van der Waals surface area contributed by atoms with Crippen molar-refractivity contribution in [3.8, 4) is 0 Å². The molecular weight excluding hydrogens is 458 g/mol. The van der Waals surface area contributed by atoms with Crippen molar-refractivity contribution in [1.29, 1.82) is 0 Å². The van der Waals surface area contributed by atoms with E-state index in [0.717, 1.165) is 0 Å². The predicted molar refractivity (Wildman–Crippen MR) is 143 cm³/mol. The maximum atomic E-state index is 12.8. The Kier molecular flexibility index (Phi) is 9.69. The van der Waals surface area contributed by atoms with Crippen molar-refractivity contribution in [2.24, 2.45) is 0 Å². The third-order valence-electron chi connectivity index (χ3n) is 5.62. The van der Waals surface area contributed by atoms with E-state index < -0.39 is 32.1 Å². The smallest absolute Gasteiger partial charge is 0.410 e. The highest BCUT2D eigenvalue weighted by Gasteiger charge is 2.50. The molecule has 2 rings (SSSR count). The average molecular weight is 500 g/mol. The van der Waals surface area contributed by atoms with Crippen LogP contribution >= 0.6 is 0 Å². The number of carbonyl (C=O) groups excluding carboxylic acids is 2. The molecule has 192 valence electrons. The summed E-state index contributed by atoms with van der Waals surface area (Å²) in [5, 5.41) is 2.25. The number of amides is 1. The number of ether oxygens (including phenoxy) is 2. The van der Waals surface area contributed by atoms with Gasteiger partial charge in [-0.25, -0.2) is 9.59 Å². The maximum Gasteiger partial charge on any atom is 0.410 e. The number of hydrogen-bond donors (Lipinski definition) is 0. The van der Waals surface area contributed by atoms with Crippen LogP contribution in [-0.4, -0.2) is 57.7 Å². The van der Waals surface area contributed by atoms with Gasteiger partial charge in [0.1, 0.15) is 5.60 Å². The third kappa shape index (κ3) is 7.67. The summed E-state index contributed by atoms with van der Waals surface area (Å²) >= 11 is 0. The van der Waals surface area contributed by atoms with Crippen LogP contribution in [-0.2, 0) is 18.7 Å². The van der Waals surface area contributed by atoms with Gasteiger partial charge in [0, 0.05) is 20.7 Å². The van der Waals surface area contributed by atoms with Crippen LogP contribution in [0.4, 0.5) is 4.79 Å². The van der Waals surface area contributed by atoms with Gasteiger partial charge < -0.3 is 18.8 Å². The van der Waals surface area contributed by atoms with Crippen LogP contribution in [0.3, 0.4) is 0 Å². The molecule has 0 N–H and O–H groups in total. The van der Waals surface area contributed by atoms with E-state index in [1.54, 1.807) is 34.9 Å². The summed E-state index contributed by atoms with van der Waals surface area (Å²) in [6.45, 7) is 12.5. The fraction of sp³-hybridized carbons (Fsp3) is 0.500. The lowest BCUT2D eigenvalue weighted by molar-refractivity contribution is -0.166. The predicted octanol–water partition coefficient (Wildman–Crippen LogP) is 4.75. The minimum Gasteiger partial charge on any atom is -0.457 e. The second kappa shape index (κ2) is 11.9. The third-order valence-corrected chi connectivity index (χ3v) is 10.7. The van der Waals surface area contributed by atoms with Crippen molar-refractivity contribution in [3.63, 3.8) is 0 Å². The molecule has 1 atom stereocenters. The summed E-state index contributed by atoms with van der Waals surface area (Å²) in [7, 11) is 0.499. The summed E-state index contributed by atoms with van der Waals surface area (Å²) in [6.07, 6.45) is -0.720. The summed E-state index contributed by atoms with van der Waals surface area (Å²) in [6, 6.07) is 20.8. The first-order chi connectivity index (χ1) is 16.3. The summed E-state index contributed by atoms with van der Waals surface area (Å²) < 4.78 is 17.8. The first-order valence-corrected chi connectivity index (χ1v) is 14.0. The Morgan fingerprint density at radius 3 is 1.74 bits per heavy atom. The Morgan fingerprint density at radius 2 is 1.34 bits per heavy atom. The van der Waals surface area contributed by atoms with Gasteiger partial charge in [-0.1, -0.05) is 81.4 Å². The van der Waals surface area contributed by atoms with Crippen LogP contribution in [0.1, 0.15) is 54.4 Å². The quantitative estimate of drug-likeness (QED) is 0.283. The Morgan fingerprint density at radius 1 is 0.857 bits per heavy atom. The van der Waals surface area contributed by atoms with Crippen molar-refractivity contribution in [2.45, 2.75) is 71.1 Å². The molecule has 2 aromatic carbocycles. The van der Waals surface area contributed by atoms with Crippen LogP contribution < -0.4 is 10.4 Å². The highest BCUT2D eigenvalue weighted by atomic mass is 28.4. The van der Waals surface area contributed by atoms with Gasteiger partial charge in [0.25, 0.3) is 8.32 Å². The highest BCUT2D eigenvalue weighted by Crippen LogP contribution is 2.36. The molecule has 0 radical (unpaired) electrons. The normalized spacial score (nSPS) is 13.1. The number of hydrogen-bond acceptors (Lipinski definition) is 5. The minimum atomic E-state index is -2.67. The molecule has 0 aromatic heterocycles. The second-order valence-corrected chi connectivity index (χ2v) is 15.3. The topological polar surface area (TPSA) is 65.1 Å². The van der Waals surface area contributed by atoms with E-state index in [0.29, 0.717) is 19.4 Å². The van der Waals surface area contributed by atoms with E-state index in [-0.39, 0.29) is 5.04 Å². The first kappa shape index (κ1) is 28.6. The molecule has 1 amide bonds. The molecule has 0 aliphatic heterocycles. The van der Waals surface area contributed by atoms with Crippen molar-refractivity contribution < 1.29 is 23.5 Å². The van der Waals surface area contributed by atoms with E-state index in [9.17, 15) is 9.59 Å². The monoisotopic (exact) mass is 499 g/mol. The van der Waals surface area contributed by atoms with E-state index >= 15 is 0 Å². The first-order valence-electron chi connectivity index (χ1n) is 12.1. The van der Waals surface area contributed by atoms with Gasteiger partial charge in [0.05, 0.1) is 0 Å². The van der Waals surface area contributed by atoms with Gasteiger partial charge in [0.2, 0.25) is 6.10 Å². The molecule has 7 heteroatoms. The molecule has 2 aromatic rings. The second-order valence-electron chi connectivity index (χ2n) is 11.0. The maximum absolute atomic E-state index is 12.8. The van der Waals surface area contributed by atoms with Crippen LogP contribution in [0, 0.1) is 0 Å². The van der Waals surface area contributed by atoms with Crippen molar-refractivity contribution in [3.05, 3.63) is 60.7 Å². The molecule has 0 saturated heterocycles. The largest absolute Gasteiger partial charge is 0.457 e. The molecule has 0 spiro atoms. The molecule has 0 aliphatic rings. The van der Waals surface area contributed by atoms with Crippen LogP contribution in [0.5, 0.6) is 0 Å². The van der Waals surface area contributed by atoms with Gasteiger partial charge in [0.15, 0.2) is 0 Å². The molecule has 0 saturated carbocycles. The fourth-order valence-corrected chi connectivity index (χ4v) is 8.68. The van der Waals surface area contributed by atoms with Gasteiger partial charge >= 0.3 is 12.1 Å². The summed E-state index contributed by atoms with van der Waals surface area (Å²) in [5.41, 5.74) is -0.675. The van der Waals surface area contributed by atoms with E-state index in [2.05, 4.69) is 45.0 Å². The summed E-state index contributed by atoms with van der Waals surface area (Å²) in [4.78, 5) is 26.3. The minimum absolute atomic E-state index is 0.141. The SMILES string of the molecule is CN(C)C(=O)OC(CCCO[Si](c1ccccc1)(c1ccccc1)C(C)(C)C)C(=O)OC(C)(C)C. The van der Waals surface area contributed by atoms with Crippen molar-refractivity contribution in [1.82, 2.24) is 4.90 Å². The number of carbonyl (C=O) groups is 2. The van der Waals surface area contributed by atoms with E-state index in [1.807, 2.05) is 36.4 Å². The number of nitrogens with zero attached hydrogens (tertiary/aromatic N) is 1. The molecule has 35 heavy (non-hydrogen) atoms. The molecule has 0 fully saturated rings. The Hall–Kier alpha value is -2.64. The van der Waals surface area contributed by atoms with Gasteiger partial charge in [-0.3, -0.25) is 0 Å². The Balaban J connectivity index is 2.27. The Labute approximate surface area is 211 Å². The molecule has 0 aliphatic carbocycles. The van der Waals surface area contributed by atoms with Crippen molar-refractivity contribution >= 4 is 30.8 Å². The van der Waals surface area contributed by atoms with Gasteiger partial charge in [-0.05, 0) is 49.0 Å². The lowest BCUT2D eigenvalue weighted by Gasteiger charge is -2.43. The number of esters is 1. The molecule has 0 bridgehead atoms. The number of rotatable bonds is 9. The van der Waals surface area contributed by atoms with Gasteiger partial charge in [-0.2, -0.15) is 0 Å². The van der Waals surface area contributed by atoms with E-state index in [4.69, 9.17) is 13.9 Å². The van der Waals surface area contributed by atoms with Crippen LogP contribution in [0.15, 0.2) is 60.7 Å². The standard InChI is InChI=1S/C28H41NO5Si/c1-27(2,3)34-25(30)24(33-26(31)29(7)8)20-15-21-32-35(28(4,5)6,22-16-11-9-12-17-22)23-18-13-10-14-19-23/h9-14,16-19,24H,15,20-21H2,1-8H3. The molecule has 6 nitrogen and oxygen atoms in total. The fourth-order valence-electron chi connectivity index (χ4n) is 4.08. The van der Waals surface area contributed by atoms with Gasteiger partial charge in [-0.15, -0.1) is 0 Å². The zero-order valence-corrected chi connectivity index (χ0v) is 23.5.